The summed E-state index contributed by atoms with van der Waals surface area (Å²) >= 11 is 1.32. The van der Waals surface area contributed by atoms with Gasteiger partial charge in [-0.25, -0.2) is 4.79 Å². The molecule has 0 saturated heterocycles. The molecule has 0 aromatic carbocycles. The Morgan fingerprint density at radius 3 is 2.75 bits per heavy atom. The van der Waals surface area contributed by atoms with Gasteiger partial charge in [0.2, 0.25) is 0 Å². The predicted octanol–water partition coefficient (Wildman–Crippen LogP) is 3.46. The van der Waals surface area contributed by atoms with E-state index in [0.29, 0.717) is 11.4 Å². The average Bonchev–Trinajstić information content (AvgIpc) is 2.77. The van der Waals surface area contributed by atoms with Gasteiger partial charge in [0, 0.05) is 17.5 Å². The maximum Gasteiger partial charge on any atom is 0.328 e. The van der Waals surface area contributed by atoms with Gasteiger partial charge >= 0.3 is 5.97 Å². The number of nitrogens with one attached hydrogen (secondary N) is 1. The third-order valence-corrected chi connectivity index (χ3v) is 4.07. The lowest BCUT2D eigenvalue weighted by molar-refractivity contribution is -0.131. The van der Waals surface area contributed by atoms with Crippen molar-refractivity contribution >= 4 is 29.3 Å². The molecule has 0 spiro atoms. The van der Waals surface area contributed by atoms with Gasteiger partial charge in [0.05, 0.1) is 4.88 Å². The zero-order valence-corrected chi connectivity index (χ0v) is 12.8. The Kier molecular flexibility index (Phi) is 7.01. The quantitative estimate of drug-likeness (QED) is 0.570. The van der Waals surface area contributed by atoms with Crippen molar-refractivity contribution in [3.63, 3.8) is 0 Å². The molecule has 0 fully saturated rings. The Balaban J connectivity index is 2.52. The largest absolute Gasteiger partial charge is 0.478 e. The number of hydrogen-bond acceptors (Lipinski definition) is 3. The molecule has 20 heavy (non-hydrogen) atoms. The zero-order valence-electron chi connectivity index (χ0n) is 11.9. The smallest absolute Gasteiger partial charge is 0.328 e. The van der Waals surface area contributed by atoms with E-state index in [1.807, 2.05) is 6.92 Å². The van der Waals surface area contributed by atoms with E-state index in [-0.39, 0.29) is 5.91 Å². The fraction of sp³-hybridized carbons (Fsp3) is 0.467. The van der Waals surface area contributed by atoms with Crippen molar-refractivity contribution in [1.29, 1.82) is 0 Å². The lowest BCUT2D eigenvalue weighted by Gasteiger charge is -2.02. The van der Waals surface area contributed by atoms with Gasteiger partial charge in [-0.2, -0.15) is 0 Å². The minimum atomic E-state index is -0.986. The van der Waals surface area contributed by atoms with Gasteiger partial charge in [0.25, 0.3) is 5.91 Å². The first kappa shape index (κ1) is 16.4. The van der Waals surface area contributed by atoms with Crippen LogP contribution < -0.4 is 5.32 Å². The highest BCUT2D eigenvalue weighted by atomic mass is 32.1. The van der Waals surface area contributed by atoms with Crippen LogP contribution in [-0.2, 0) is 4.79 Å². The monoisotopic (exact) mass is 295 g/mol. The van der Waals surface area contributed by atoms with Gasteiger partial charge < -0.3 is 10.4 Å². The molecule has 0 aliphatic rings. The number of aliphatic carboxylic acids is 1. The van der Waals surface area contributed by atoms with Crippen LogP contribution in [0.3, 0.4) is 0 Å². The Labute approximate surface area is 123 Å². The van der Waals surface area contributed by atoms with E-state index in [1.165, 1.54) is 30.3 Å². The van der Waals surface area contributed by atoms with Crippen LogP contribution in [0.1, 0.15) is 52.7 Å². The standard InChI is InChI=1S/C15H21NO3S/c1-3-4-5-6-9-16-15(19)13-10-11(2)12(20-13)7-8-14(17)18/h7-8,10H,3-6,9H2,1-2H3,(H,16,19)(H,17,18)/b8-7+. The molecule has 0 aliphatic heterocycles. The van der Waals surface area contributed by atoms with Crippen LogP contribution in [0.15, 0.2) is 12.1 Å². The molecule has 0 radical (unpaired) electrons. The van der Waals surface area contributed by atoms with Crippen LogP contribution >= 0.6 is 11.3 Å². The summed E-state index contributed by atoms with van der Waals surface area (Å²) in [5.41, 5.74) is 0.920. The topological polar surface area (TPSA) is 66.4 Å². The number of thiophene rings is 1. The van der Waals surface area contributed by atoms with Crippen molar-refractivity contribution < 1.29 is 14.7 Å². The fourth-order valence-electron chi connectivity index (χ4n) is 1.76. The van der Waals surface area contributed by atoms with Gasteiger partial charge in [0.15, 0.2) is 0 Å². The fourth-order valence-corrected chi connectivity index (χ4v) is 2.75. The molecule has 0 aliphatic carbocycles. The molecule has 1 amide bonds. The molecule has 0 saturated carbocycles. The SMILES string of the molecule is CCCCCCNC(=O)c1cc(C)c(/C=C/C(=O)O)s1. The highest BCUT2D eigenvalue weighted by Crippen LogP contribution is 2.23. The number of hydrogen-bond donors (Lipinski definition) is 2. The summed E-state index contributed by atoms with van der Waals surface area (Å²) in [5, 5.41) is 11.5. The van der Waals surface area contributed by atoms with Crippen LogP contribution in [0, 0.1) is 6.92 Å². The van der Waals surface area contributed by atoms with Crippen molar-refractivity contribution in [2.45, 2.75) is 39.5 Å². The molecule has 5 heteroatoms. The molecule has 0 atom stereocenters. The number of rotatable bonds is 8. The van der Waals surface area contributed by atoms with Gasteiger partial charge in [-0.05, 0) is 31.1 Å². The highest BCUT2D eigenvalue weighted by Gasteiger charge is 2.10. The van der Waals surface area contributed by atoms with Crippen LogP contribution in [0.2, 0.25) is 0 Å². The van der Waals surface area contributed by atoms with E-state index >= 15 is 0 Å². The summed E-state index contributed by atoms with van der Waals surface area (Å²) in [6.07, 6.45) is 7.11. The van der Waals surface area contributed by atoms with Crippen molar-refractivity contribution in [3.05, 3.63) is 27.5 Å². The van der Waals surface area contributed by atoms with Gasteiger partial charge in [-0.1, -0.05) is 26.2 Å². The maximum absolute atomic E-state index is 11.9. The summed E-state index contributed by atoms with van der Waals surface area (Å²) < 4.78 is 0. The lowest BCUT2D eigenvalue weighted by atomic mass is 10.2. The summed E-state index contributed by atoms with van der Waals surface area (Å²) in [6, 6.07) is 1.80. The summed E-state index contributed by atoms with van der Waals surface area (Å²) in [6.45, 7) is 4.71. The van der Waals surface area contributed by atoms with Gasteiger partial charge in [0.1, 0.15) is 0 Å². The molecule has 4 nitrogen and oxygen atoms in total. The van der Waals surface area contributed by atoms with E-state index in [1.54, 1.807) is 6.07 Å². The molecular weight excluding hydrogens is 274 g/mol. The summed E-state index contributed by atoms with van der Waals surface area (Å²) in [5.74, 6) is -1.07. The molecule has 1 aromatic rings. The second-order valence-corrected chi connectivity index (χ2v) is 5.73. The van der Waals surface area contributed by atoms with Crippen LogP contribution in [0.4, 0.5) is 0 Å². The minimum Gasteiger partial charge on any atom is -0.478 e. The first-order valence-corrected chi connectivity index (χ1v) is 7.66. The number of carbonyl (C=O) groups excluding carboxylic acids is 1. The Hall–Kier alpha value is -1.62. The van der Waals surface area contributed by atoms with E-state index in [9.17, 15) is 9.59 Å². The average molecular weight is 295 g/mol. The van der Waals surface area contributed by atoms with Crippen LogP contribution in [0.5, 0.6) is 0 Å². The normalized spacial score (nSPS) is 10.9. The first-order chi connectivity index (χ1) is 9.54. The zero-order chi connectivity index (χ0) is 15.0. The van der Waals surface area contributed by atoms with E-state index in [2.05, 4.69) is 12.2 Å². The van der Waals surface area contributed by atoms with Gasteiger partial charge in [-0.3, -0.25) is 4.79 Å². The second-order valence-electron chi connectivity index (χ2n) is 4.65. The molecule has 1 heterocycles. The van der Waals surface area contributed by atoms with Crippen molar-refractivity contribution in [2.75, 3.05) is 6.54 Å². The molecule has 0 bridgehead atoms. The number of aryl methyl sites for hydroxylation is 1. The lowest BCUT2D eigenvalue weighted by Crippen LogP contribution is -2.23. The Morgan fingerprint density at radius 1 is 1.35 bits per heavy atom. The molecule has 2 N–H and O–H groups in total. The van der Waals surface area contributed by atoms with Gasteiger partial charge in [-0.15, -0.1) is 11.3 Å². The van der Waals surface area contributed by atoms with E-state index in [0.717, 1.165) is 29.4 Å². The maximum atomic E-state index is 11.9. The Morgan fingerprint density at radius 2 is 2.10 bits per heavy atom. The third kappa shape index (κ3) is 5.57. The Bertz CT molecular complexity index is 491. The summed E-state index contributed by atoms with van der Waals surface area (Å²) in [4.78, 5) is 23.9. The summed E-state index contributed by atoms with van der Waals surface area (Å²) in [7, 11) is 0. The number of unbranched alkanes of at least 4 members (excludes halogenated alkanes) is 3. The molecule has 110 valence electrons. The van der Waals surface area contributed by atoms with Crippen molar-refractivity contribution in [3.8, 4) is 0 Å². The number of carboxylic acid groups (broad SMARTS) is 1. The number of amides is 1. The first-order valence-electron chi connectivity index (χ1n) is 6.84. The molecule has 1 aromatic heterocycles. The molecule has 0 unspecified atom stereocenters. The number of carboxylic acids is 1. The number of carbonyl (C=O) groups is 2. The van der Waals surface area contributed by atoms with Crippen LogP contribution in [-0.4, -0.2) is 23.5 Å². The van der Waals surface area contributed by atoms with Crippen molar-refractivity contribution in [2.24, 2.45) is 0 Å². The third-order valence-electron chi connectivity index (χ3n) is 2.87. The molecule has 1 rings (SSSR count). The van der Waals surface area contributed by atoms with E-state index in [4.69, 9.17) is 5.11 Å². The predicted molar refractivity (Wildman–Crippen MR) is 82.2 cm³/mol. The van der Waals surface area contributed by atoms with Crippen molar-refractivity contribution in [1.82, 2.24) is 5.32 Å². The van der Waals surface area contributed by atoms with E-state index < -0.39 is 5.97 Å². The molecular formula is C15H21NO3S. The minimum absolute atomic E-state index is 0.0791. The second kappa shape index (κ2) is 8.53. The highest BCUT2D eigenvalue weighted by molar-refractivity contribution is 7.15. The van der Waals surface area contributed by atoms with Crippen LogP contribution in [0.25, 0.3) is 6.08 Å².